The Morgan fingerprint density at radius 1 is 1.20 bits per heavy atom. The molecule has 0 aliphatic rings. The van der Waals surface area contributed by atoms with E-state index in [1.54, 1.807) is 17.7 Å². The van der Waals surface area contributed by atoms with Gasteiger partial charge in [0, 0.05) is 12.4 Å². The number of carbonyl (C=O) groups excluding carboxylic acids is 1. The molecule has 1 aromatic carbocycles. The molecule has 3 heterocycles. The van der Waals surface area contributed by atoms with Crippen LogP contribution in [-0.2, 0) is 13.6 Å². The molecule has 1 amide bonds. The van der Waals surface area contributed by atoms with E-state index in [0.29, 0.717) is 23.4 Å². The number of hydrogen-bond acceptors (Lipinski definition) is 3. The molecule has 0 saturated carbocycles. The first-order valence-electron chi connectivity index (χ1n) is 7.98. The lowest BCUT2D eigenvalue weighted by atomic mass is 10.1. The number of fused-ring (bicyclic) bond motifs is 3. The van der Waals surface area contributed by atoms with Crippen molar-refractivity contribution in [2.45, 2.75) is 13.5 Å². The van der Waals surface area contributed by atoms with Gasteiger partial charge in [0.25, 0.3) is 11.5 Å². The molecule has 4 rings (SSSR count). The number of pyridine rings is 1. The quantitative estimate of drug-likeness (QED) is 0.604. The predicted octanol–water partition coefficient (Wildman–Crippen LogP) is 2.85. The van der Waals surface area contributed by atoms with Crippen molar-refractivity contribution < 1.29 is 9.21 Å². The minimum absolute atomic E-state index is 0.204. The van der Waals surface area contributed by atoms with Gasteiger partial charge in [-0.15, -0.1) is 0 Å². The summed E-state index contributed by atoms with van der Waals surface area (Å²) in [6, 6.07) is 12.9. The second kappa shape index (κ2) is 5.66. The summed E-state index contributed by atoms with van der Waals surface area (Å²) in [4.78, 5) is 27.8. The maximum absolute atomic E-state index is 12.6. The third kappa shape index (κ3) is 2.52. The number of aryl methyl sites for hydroxylation is 2. The van der Waals surface area contributed by atoms with Crippen LogP contribution >= 0.6 is 0 Å². The molecular formula is C19H17N3O3. The molecule has 25 heavy (non-hydrogen) atoms. The lowest BCUT2D eigenvalue weighted by Gasteiger charge is -2.06. The lowest BCUT2D eigenvalue weighted by Crippen LogP contribution is -2.24. The van der Waals surface area contributed by atoms with Gasteiger partial charge in [0.15, 0.2) is 0 Å². The first kappa shape index (κ1) is 15.3. The maximum Gasteiger partial charge on any atom is 0.268 e. The fourth-order valence-electron chi connectivity index (χ4n) is 3.15. The molecule has 0 fully saturated rings. The number of hydrogen-bond donors (Lipinski definition) is 2. The Morgan fingerprint density at radius 2 is 2.00 bits per heavy atom. The zero-order chi connectivity index (χ0) is 17.6. The van der Waals surface area contributed by atoms with E-state index in [4.69, 9.17) is 4.42 Å². The monoisotopic (exact) mass is 335 g/mol. The highest BCUT2D eigenvalue weighted by molar-refractivity contribution is 6.07. The smallest absolute Gasteiger partial charge is 0.268 e. The topological polar surface area (TPSA) is 80.0 Å². The molecule has 0 spiro atoms. The van der Waals surface area contributed by atoms with Crippen LogP contribution in [0, 0.1) is 6.92 Å². The Morgan fingerprint density at radius 3 is 2.76 bits per heavy atom. The lowest BCUT2D eigenvalue weighted by molar-refractivity contribution is 0.0940. The van der Waals surface area contributed by atoms with Crippen molar-refractivity contribution in [2.75, 3.05) is 0 Å². The van der Waals surface area contributed by atoms with E-state index in [1.807, 2.05) is 43.3 Å². The van der Waals surface area contributed by atoms with Gasteiger partial charge in [0.1, 0.15) is 17.2 Å². The molecule has 0 radical (unpaired) electrons. The number of rotatable bonds is 3. The van der Waals surface area contributed by atoms with Crippen molar-refractivity contribution in [1.29, 1.82) is 0 Å². The molecule has 0 atom stereocenters. The highest BCUT2D eigenvalue weighted by atomic mass is 16.3. The number of amides is 1. The van der Waals surface area contributed by atoms with Crippen LogP contribution in [0.1, 0.15) is 22.0 Å². The average molecular weight is 335 g/mol. The second-order valence-corrected chi connectivity index (χ2v) is 6.05. The summed E-state index contributed by atoms with van der Waals surface area (Å²) in [6.07, 6.45) is 0. The Hall–Kier alpha value is -3.28. The molecule has 4 aromatic rings. The summed E-state index contributed by atoms with van der Waals surface area (Å²) in [5.41, 5.74) is 1.72. The number of nitrogens with one attached hydrogen (secondary N) is 2. The number of carbonyl (C=O) groups is 1. The van der Waals surface area contributed by atoms with Crippen molar-refractivity contribution in [2.24, 2.45) is 7.05 Å². The summed E-state index contributed by atoms with van der Waals surface area (Å²) < 4.78 is 7.22. The zero-order valence-electron chi connectivity index (χ0n) is 13.9. The number of benzene rings is 1. The van der Waals surface area contributed by atoms with E-state index in [9.17, 15) is 9.59 Å². The van der Waals surface area contributed by atoms with Gasteiger partial charge in [0.2, 0.25) is 0 Å². The van der Waals surface area contributed by atoms with Gasteiger partial charge in [-0.1, -0.05) is 18.2 Å². The normalized spacial score (nSPS) is 11.3. The van der Waals surface area contributed by atoms with Crippen LogP contribution < -0.4 is 10.9 Å². The molecule has 6 nitrogen and oxygen atoms in total. The summed E-state index contributed by atoms with van der Waals surface area (Å²) in [5, 5.41) is 4.24. The molecule has 6 heteroatoms. The average Bonchev–Trinajstić information content (AvgIpc) is 3.17. The van der Waals surface area contributed by atoms with Gasteiger partial charge in [-0.3, -0.25) is 9.59 Å². The standard InChI is InChI=1S/C19H17N3O3/c1-11-7-8-12(25-11)10-20-19(24)16-9-14-17(22(16)2)13-5-3-4-6-15(13)21-18(14)23/h3-9H,10H2,1-2H3,(H,20,24)(H,21,23). The van der Waals surface area contributed by atoms with Crippen LogP contribution in [0.4, 0.5) is 0 Å². The zero-order valence-corrected chi connectivity index (χ0v) is 13.9. The molecule has 0 unspecified atom stereocenters. The first-order valence-corrected chi connectivity index (χ1v) is 7.98. The Labute approximate surface area is 143 Å². The third-order valence-corrected chi connectivity index (χ3v) is 4.36. The van der Waals surface area contributed by atoms with E-state index in [1.165, 1.54) is 0 Å². The van der Waals surface area contributed by atoms with Crippen LogP contribution in [0.3, 0.4) is 0 Å². The van der Waals surface area contributed by atoms with Crippen molar-refractivity contribution in [1.82, 2.24) is 14.9 Å². The number of furan rings is 1. The van der Waals surface area contributed by atoms with E-state index in [2.05, 4.69) is 10.3 Å². The van der Waals surface area contributed by atoms with Crippen LogP contribution in [-0.4, -0.2) is 15.5 Å². The van der Waals surface area contributed by atoms with Gasteiger partial charge < -0.3 is 19.3 Å². The number of nitrogens with zero attached hydrogens (tertiary/aromatic N) is 1. The molecule has 126 valence electrons. The molecule has 0 saturated heterocycles. The fourth-order valence-corrected chi connectivity index (χ4v) is 3.15. The Balaban J connectivity index is 1.76. The highest BCUT2D eigenvalue weighted by Gasteiger charge is 2.17. The second-order valence-electron chi connectivity index (χ2n) is 6.05. The van der Waals surface area contributed by atoms with E-state index < -0.39 is 0 Å². The van der Waals surface area contributed by atoms with Crippen molar-refractivity contribution in [3.8, 4) is 0 Å². The molecule has 0 aliphatic heterocycles. The van der Waals surface area contributed by atoms with Crippen molar-refractivity contribution in [3.63, 3.8) is 0 Å². The molecule has 0 aliphatic carbocycles. The van der Waals surface area contributed by atoms with E-state index in [-0.39, 0.29) is 11.5 Å². The fraction of sp³-hybridized carbons (Fsp3) is 0.158. The SMILES string of the molecule is Cc1ccc(CNC(=O)c2cc3c(=O)[nH]c4ccccc4c3n2C)o1. The summed E-state index contributed by atoms with van der Waals surface area (Å²) in [6.45, 7) is 2.15. The van der Waals surface area contributed by atoms with Gasteiger partial charge in [0.05, 0.1) is 23.0 Å². The Bertz CT molecular complexity index is 1160. The van der Waals surface area contributed by atoms with Crippen molar-refractivity contribution in [3.05, 3.63) is 70.0 Å². The van der Waals surface area contributed by atoms with Crippen molar-refractivity contribution >= 4 is 27.7 Å². The van der Waals surface area contributed by atoms with Crippen LogP contribution in [0.15, 0.2) is 51.7 Å². The number of aromatic amines is 1. The molecule has 3 aromatic heterocycles. The number of H-pyrrole nitrogens is 1. The molecule has 0 bridgehead atoms. The maximum atomic E-state index is 12.6. The van der Waals surface area contributed by atoms with Gasteiger partial charge in [-0.2, -0.15) is 0 Å². The summed E-state index contributed by atoms with van der Waals surface area (Å²) >= 11 is 0. The minimum Gasteiger partial charge on any atom is -0.465 e. The van der Waals surface area contributed by atoms with E-state index in [0.717, 1.165) is 22.2 Å². The Kier molecular flexibility index (Phi) is 3.46. The number of para-hydroxylation sites is 1. The molecular weight excluding hydrogens is 318 g/mol. The number of aromatic nitrogens is 2. The van der Waals surface area contributed by atoms with Gasteiger partial charge >= 0.3 is 0 Å². The van der Waals surface area contributed by atoms with Gasteiger partial charge in [-0.05, 0) is 31.2 Å². The van der Waals surface area contributed by atoms with Gasteiger partial charge in [-0.25, -0.2) is 0 Å². The van der Waals surface area contributed by atoms with Crippen LogP contribution in [0.5, 0.6) is 0 Å². The third-order valence-electron chi connectivity index (χ3n) is 4.36. The highest BCUT2D eigenvalue weighted by Crippen LogP contribution is 2.23. The summed E-state index contributed by atoms with van der Waals surface area (Å²) in [7, 11) is 1.79. The largest absolute Gasteiger partial charge is 0.465 e. The summed E-state index contributed by atoms with van der Waals surface area (Å²) in [5.74, 6) is 1.23. The van der Waals surface area contributed by atoms with Crippen LogP contribution in [0.2, 0.25) is 0 Å². The van der Waals surface area contributed by atoms with Crippen LogP contribution in [0.25, 0.3) is 21.8 Å². The predicted molar refractivity (Wildman–Crippen MR) is 95.7 cm³/mol. The molecule has 2 N–H and O–H groups in total. The first-order chi connectivity index (χ1) is 12.0. The van der Waals surface area contributed by atoms with E-state index >= 15 is 0 Å². The minimum atomic E-state index is -0.253.